The van der Waals surface area contributed by atoms with Crippen molar-refractivity contribution in [2.75, 3.05) is 0 Å². The molecule has 0 saturated heterocycles. The maximum atomic E-state index is 12.0. The number of rotatable bonds is 0. The fourth-order valence-electron chi connectivity index (χ4n) is 2.74. The molecular formula is C12H12NO2-. The molecule has 0 amide bonds. The fourth-order valence-corrected chi connectivity index (χ4v) is 2.74. The van der Waals surface area contributed by atoms with Gasteiger partial charge < -0.3 is 9.67 Å². The summed E-state index contributed by atoms with van der Waals surface area (Å²) < 4.78 is 1.93. The molecule has 3 aliphatic rings. The Morgan fingerprint density at radius 3 is 2.93 bits per heavy atom. The van der Waals surface area contributed by atoms with E-state index in [1.54, 1.807) is 6.08 Å². The summed E-state index contributed by atoms with van der Waals surface area (Å²) in [5.74, 6) is 0.212. The van der Waals surface area contributed by atoms with Crippen LogP contribution in [0.4, 0.5) is 0 Å². The Kier molecular flexibility index (Phi) is 1.28. The molecule has 3 heterocycles. The van der Waals surface area contributed by atoms with Gasteiger partial charge in [0.15, 0.2) is 5.78 Å². The summed E-state index contributed by atoms with van der Waals surface area (Å²) in [7, 11) is 0. The molecule has 3 nitrogen and oxygen atoms in total. The van der Waals surface area contributed by atoms with E-state index < -0.39 is 11.0 Å². The highest BCUT2D eigenvalue weighted by Crippen LogP contribution is 2.48. The molecule has 2 bridgehead atoms. The van der Waals surface area contributed by atoms with Gasteiger partial charge in [-0.25, -0.2) is 0 Å². The van der Waals surface area contributed by atoms with E-state index in [2.05, 4.69) is 0 Å². The first-order chi connectivity index (χ1) is 6.98. The summed E-state index contributed by atoms with van der Waals surface area (Å²) in [4.78, 5) is 12.0. The van der Waals surface area contributed by atoms with Gasteiger partial charge >= 0.3 is 0 Å². The molecule has 3 heteroatoms. The molecule has 2 unspecified atom stereocenters. The first-order valence-electron chi connectivity index (χ1n) is 5.10. The Hall–Kier alpha value is -1.51. The second-order valence-corrected chi connectivity index (χ2v) is 4.85. The molecule has 2 aliphatic heterocycles. The summed E-state index contributed by atoms with van der Waals surface area (Å²) in [6.45, 7) is 3.67. The van der Waals surface area contributed by atoms with Crippen LogP contribution in [0.15, 0.2) is 30.2 Å². The monoisotopic (exact) mass is 202 g/mol. The molecule has 4 rings (SSSR count). The van der Waals surface area contributed by atoms with Gasteiger partial charge in [-0.2, -0.15) is 0 Å². The molecule has 0 aromatic carbocycles. The van der Waals surface area contributed by atoms with E-state index in [9.17, 15) is 9.90 Å². The van der Waals surface area contributed by atoms with Crippen LogP contribution in [-0.2, 0) is 15.7 Å². The Morgan fingerprint density at radius 1 is 1.47 bits per heavy atom. The molecule has 0 N–H and O–H groups in total. The van der Waals surface area contributed by atoms with Crippen LogP contribution in [0.5, 0.6) is 0 Å². The molecule has 0 fully saturated rings. The van der Waals surface area contributed by atoms with Crippen molar-refractivity contribution in [3.05, 3.63) is 35.9 Å². The van der Waals surface area contributed by atoms with Gasteiger partial charge in [0.2, 0.25) is 0 Å². The van der Waals surface area contributed by atoms with Crippen molar-refractivity contribution in [3.63, 3.8) is 0 Å². The van der Waals surface area contributed by atoms with Gasteiger partial charge in [-0.15, -0.1) is 5.76 Å². The standard InChI is InChI=1S/C12H13NO2/c1-11-6-10(15)12(2,7-9(11)14)13-5-3-4-8(11)13/h3-5,7,14H,6H2,1-2H3/p-1. The number of Topliss-reactive ketones (excluding diaryl/α,β-unsaturated/α-hetero) is 1. The summed E-state index contributed by atoms with van der Waals surface area (Å²) >= 11 is 0. The summed E-state index contributed by atoms with van der Waals surface area (Å²) in [6, 6.07) is 3.84. The molecule has 0 spiro atoms. The normalized spacial score (nSPS) is 37.7. The van der Waals surface area contributed by atoms with Crippen LogP contribution in [-0.4, -0.2) is 10.4 Å². The fraction of sp³-hybridized carbons (Fsp3) is 0.417. The lowest BCUT2D eigenvalue weighted by Crippen LogP contribution is -2.56. The molecule has 1 aromatic rings. The van der Waals surface area contributed by atoms with Crippen molar-refractivity contribution in [2.45, 2.75) is 31.2 Å². The second-order valence-electron chi connectivity index (χ2n) is 4.85. The zero-order valence-electron chi connectivity index (χ0n) is 8.78. The first kappa shape index (κ1) is 8.77. The van der Waals surface area contributed by atoms with E-state index in [1.165, 1.54) is 0 Å². The first-order valence-corrected chi connectivity index (χ1v) is 5.10. The third-order valence-corrected chi connectivity index (χ3v) is 3.85. The predicted octanol–water partition coefficient (Wildman–Crippen LogP) is 0.692. The highest BCUT2D eigenvalue weighted by atomic mass is 16.3. The Bertz CT molecular complexity index is 499. The third kappa shape index (κ3) is 0.761. The van der Waals surface area contributed by atoms with E-state index in [4.69, 9.17) is 0 Å². The van der Waals surface area contributed by atoms with Crippen LogP contribution in [0, 0.1) is 0 Å². The maximum Gasteiger partial charge on any atom is 0.163 e. The van der Waals surface area contributed by atoms with E-state index in [-0.39, 0.29) is 11.5 Å². The number of carbonyl (C=O) groups is 1. The number of allylic oxidation sites excluding steroid dienone is 2. The van der Waals surface area contributed by atoms with Crippen molar-refractivity contribution >= 4 is 5.78 Å². The topological polar surface area (TPSA) is 45.1 Å². The zero-order valence-corrected chi connectivity index (χ0v) is 8.78. The van der Waals surface area contributed by atoms with Crippen LogP contribution in [0.2, 0.25) is 0 Å². The van der Waals surface area contributed by atoms with Crippen molar-refractivity contribution in [1.82, 2.24) is 4.57 Å². The van der Waals surface area contributed by atoms with E-state index >= 15 is 0 Å². The minimum absolute atomic E-state index is 0.0794. The van der Waals surface area contributed by atoms with Crippen molar-refractivity contribution in [2.24, 2.45) is 0 Å². The van der Waals surface area contributed by atoms with Gasteiger partial charge in [-0.3, -0.25) is 4.79 Å². The average molecular weight is 202 g/mol. The largest absolute Gasteiger partial charge is 0.875 e. The lowest BCUT2D eigenvalue weighted by atomic mass is 9.66. The number of hydrogen-bond donors (Lipinski definition) is 0. The van der Waals surface area contributed by atoms with Gasteiger partial charge in [0.25, 0.3) is 0 Å². The maximum absolute atomic E-state index is 12.0. The minimum Gasteiger partial charge on any atom is -0.875 e. The SMILES string of the molecule is CC12CC(=O)C(C)(C=C1[O-])n1cccc12. The van der Waals surface area contributed by atoms with E-state index in [0.29, 0.717) is 6.42 Å². The number of carbonyl (C=O) groups excluding carboxylic acids is 1. The van der Waals surface area contributed by atoms with Crippen LogP contribution < -0.4 is 5.11 Å². The Labute approximate surface area is 88.0 Å². The van der Waals surface area contributed by atoms with E-state index in [1.807, 2.05) is 36.7 Å². The summed E-state index contributed by atoms with van der Waals surface area (Å²) in [5, 5.41) is 12.0. The number of fused-ring (bicyclic) bond motifs is 1. The van der Waals surface area contributed by atoms with E-state index in [0.717, 1.165) is 5.69 Å². The second kappa shape index (κ2) is 2.18. The molecular weight excluding hydrogens is 190 g/mol. The lowest BCUT2D eigenvalue weighted by molar-refractivity contribution is -0.322. The number of hydrogen-bond acceptors (Lipinski definition) is 2. The molecule has 15 heavy (non-hydrogen) atoms. The zero-order chi connectivity index (χ0) is 10.8. The highest BCUT2D eigenvalue weighted by Gasteiger charge is 2.50. The summed E-state index contributed by atoms with van der Waals surface area (Å²) in [6.07, 6.45) is 3.79. The van der Waals surface area contributed by atoms with Crippen molar-refractivity contribution in [1.29, 1.82) is 0 Å². The van der Waals surface area contributed by atoms with Gasteiger partial charge in [0.05, 0.1) is 0 Å². The van der Waals surface area contributed by atoms with Crippen LogP contribution in [0.25, 0.3) is 0 Å². The van der Waals surface area contributed by atoms with Gasteiger partial charge in [-0.1, -0.05) is 13.0 Å². The average Bonchev–Trinajstić information content (AvgIpc) is 2.62. The number of ketones is 1. The summed E-state index contributed by atoms with van der Waals surface area (Å²) in [5.41, 5.74) is -0.399. The Morgan fingerprint density at radius 2 is 2.20 bits per heavy atom. The number of aromatic nitrogens is 1. The van der Waals surface area contributed by atoms with Crippen LogP contribution in [0.1, 0.15) is 26.0 Å². The molecule has 78 valence electrons. The Balaban J connectivity index is 2.41. The number of nitrogens with zero attached hydrogens (tertiary/aromatic N) is 1. The quantitative estimate of drug-likeness (QED) is 0.621. The molecule has 1 aliphatic carbocycles. The minimum atomic E-state index is -0.742. The molecule has 1 aromatic heterocycles. The lowest BCUT2D eigenvalue weighted by Gasteiger charge is -2.52. The van der Waals surface area contributed by atoms with Crippen molar-refractivity contribution in [3.8, 4) is 0 Å². The smallest absolute Gasteiger partial charge is 0.163 e. The molecule has 0 radical (unpaired) electrons. The third-order valence-electron chi connectivity index (χ3n) is 3.85. The van der Waals surface area contributed by atoms with Crippen molar-refractivity contribution < 1.29 is 9.90 Å². The molecule has 0 saturated carbocycles. The highest BCUT2D eigenvalue weighted by molar-refractivity contribution is 5.93. The van der Waals surface area contributed by atoms with Gasteiger partial charge in [0, 0.05) is 23.7 Å². The van der Waals surface area contributed by atoms with Crippen LogP contribution in [0.3, 0.4) is 0 Å². The molecule has 2 atom stereocenters. The predicted molar refractivity (Wildman–Crippen MR) is 53.1 cm³/mol. The van der Waals surface area contributed by atoms with Crippen LogP contribution >= 0.6 is 0 Å². The van der Waals surface area contributed by atoms with Gasteiger partial charge in [0.1, 0.15) is 5.54 Å². The van der Waals surface area contributed by atoms with Gasteiger partial charge in [-0.05, 0) is 19.1 Å².